The molecule has 7 nitrogen and oxygen atoms in total. The molecule has 0 unspecified atom stereocenters. The summed E-state index contributed by atoms with van der Waals surface area (Å²) in [6.07, 6.45) is 4.41. The van der Waals surface area contributed by atoms with Gasteiger partial charge in [0.2, 0.25) is 10.0 Å². The standard InChI is InChI=1S/C20H31N3O4S/c1-3-17-6-4-5-11-23(17)20(24)16-21-12-14-22(15-13-21)28(25,26)19-9-7-18(27-2)8-10-19/h7-10,17H,3-6,11-16H2,1-2H3/p+1/t17-/m1/s1. The predicted molar refractivity (Wildman–Crippen MR) is 107 cm³/mol. The lowest BCUT2D eigenvalue weighted by Gasteiger charge is -2.37. The van der Waals surface area contributed by atoms with E-state index in [0.717, 1.165) is 25.8 Å². The molecule has 1 N–H and O–H groups in total. The zero-order valence-electron chi connectivity index (χ0n) is 16.9. The van der Waals surface area contributed by atoms with Crippen LogP contribution in [-0.2, 0) is 14.8 Å². The van der Waals surface area contributed by atoms with Crippen LogP contribution in [-0.4, -0.2) is 76.0 Å². The molecule has 1 amide bonds. The van der Waals surface area contributed by atoms with Crippen LogP contribution < -0.4 is 9.64 Å². The van der Waals surface area contributed by atoms with Crippen molar-refractivity contribution in [1.82, 2.24) is 9.21 Å². The van der Waals surface area contributed by atoms with E-state index in [-0.39, 0.29) is 10.8 Å². The second-order valence-electron chi connectivity index (χ2n) is 7.65. The second kappa shape index (κ2) is 9.24. The maximum atomic E-state index is 12.8. The molecule has 0 bridgehead atoms. The predicted octanol–water partition coefficient (Wildman–Crippen LogP) is 0.376. The summed E-state index contributed by atoms with van der Waals surface area (Å²) in [5, 5.41) is 0. The third-order valence-corrected chi connectivity index (χ3v) is 7.86. The van der Waals surface area contributed by atoms with E-state index < -0.39 is 10.0 Å². The molecule has 2 saturated heterocycles. The number of likely N-dealkylation sites (tertiary alicyclic amines) is 1. The number of piperidine rings is 1. The number of quaternary nitrogens is 1. The van der Waals surface area contributed by atoms with Crippen molar-refractivity contribution in [3.05, 3.63) is 24.3 Å². The van der Waals surface area contributed by atoms with Crippen molar-refractivity contribution in [3.63, 3.8) is 0 Å². The van der Waals surface area contributed by atoms with Gasteiger partial charge in [-0.1, -0.05) is 6.92 Å². The van der Waals surface area contributed by atoms with Gasteiger partial charge < -0.3 is 14.5 Å². The molecule has 156 valence electrons. The Labute approximate surface area is 168 Å². The molecule has 2 aliphatic rings. The van der Waals surface area contributed by atoms with Crippen molar-refractivity contribution in [1.29, 1.82) is 0 Å². The molecule has 1 aromatic rings. The molecule has 0 aliphatic carbocycles. The Balaban J connectivity index is 1.55. The third-order valence-electron chi connectivity index (χ3n) is 5.95. The third kappa shape index (κ3) is 4.67. The minimum atomic E-state index is -3.50. The molecule has 2 heterocycles. The molecular formula is C20H32N3O4S+. The van der Waals surface area contributed by atoms with Crippen LogP contribution in [0.1, 0.15) is 32.6 Å². The van der Waals surface area contributed by atoms with Gasteiger partial charge in [-0.25, -0.2) is 8.42 Å². The lowest BCUT2D eigenvalue weighted by atomic mass is 10.00. The minimum absolute atomic E-state index is 0.216. The second-order valence-corrected chi connectivity index (χ2v) is 9.59. The Bertz CT molecular complexity index is 758. The Morgan fingerprint density at radius 1 is 1.14 bits per heavy atom. The Hall–Kier alpha value is -1.64. The van der Waals surface area contributed by atoms with Crippen LogP contribution in [0.2, 0.25) is 0 Å². The van der Waals surface area contributed by atoms with Crippen molar-refractivity contribution in [2.45, 2.75) is 43.5 Å². The highest BCUT2D eigenvalue weighted by molar-refractivity contribution is 7.89. The summed E-state index contributed by atoms with van der Waals surface area (Å²) in [4.78, 5) is 16.3. The zero-order valence-corrected chi connectivity index (χ0v) is 17.7. The monoisotopic (exact) mass is 410 g/mol. The van der Waals surface area contributed by atoms with Gasteiger partial charge >= 0.3 is 0 Å². The Morgan fingerprint density at radius 2 is 1.82 bits per heavy atom. The lowest BCUT2D eigenvalue weighted by Crippen LogP contribution is -3.15. The number of methoxy groups -OCH3 is 1. The summed E-state index contributed by atoms with van der Waals surface area (Å²) < 4.78 is 32.3. The molecule has 2 fully saturated rings. The van der Waals surface area contributed by atoms with Gasteiger partial charge in [0.25, 0.3) is 5.91 Å². The van der Waals surface area contributed by atoms with E-state index in [1.54, 1.807) is 31.4 Å². The van der Waals surface area contributed by atoms with Gasteiger partial charge in [-0.2, -0.15) is 4.31 Å². The average Bonchev–Trinajstić information content (AvgIpc) is 2.74. The fraction of sp³-hybridized carbons (Fsp3) is 0.650. The van der Waals surface area contributed by atoms with E-state index in [9.17, 15) is 13.2 Å². The average molecular weight is 411 g/mol. The maximum absolute atomic E-state index is 12.8. The van der Waals surface area contributed by atoms with Crippen molar-refractivity contribution >= 4 is 15.9 Å². The number of carbonyl (C=O) groups is 1. The van der Waals surface area contributed by atoms with E-state index >= 15 is 0 Å². The number of ether oxygens (including phenoxy) is 1. The molecule has 1 atom stereocenters. The van der Waals surface area contributed by atoms with Crippen LogP contribution in [0.25, 0.3) is 0 Å². The number of sulfonamides is 1. The van der Waals surface area contributed by atoms with Gasteiger partial charge in [0.1, 0.15) is 5.75 Å². The number of piperazine rings is 1. The number of nitrogens with one attached hydrogen (secondary N) is 1. The molecule has 28 heavy (non-hydrogen) atoms. The van der Waals surface area contributed by atoms with Crippen LogP contribution in [0.4, 0.5) is 0 Å². The summed E-state index contributed by atoms with van der Waals surface area (Å²) in [7, 11) is -1.95. The van der Waals surface area contributed by atoms with E-state index in [0.29, 0.717) is 44.5 Å². The van der Waals surface area contributed by atoms with Gasteiger partial charge in [-0.3, -0.25) is 4.79 Å². The first-order valence-corrected chi connectivity index (χ1v) is 11.7. The summed E-state index contributed by atoms with van der Waals surface area (Å²) >= 11 is 0. The quantitative estimate of drug-likeness (QED) is 0.736. The zero-order chi connectivity index (χ0) is 20.1. The van der Waals surface area contributed by atoms with Crippen molar-refractivity contribution < 1.29 is 22.8 Å². The molecule has 0 spiro atoms. The smallest absolute Gasteiger partial charge is 0.278 e. The number of rotatable bonds is 6. The molecule has 3 rings (SSSR count). The highest BCUT2D eigenvalue weighted by Crippen LogP contribution is 2.20. The summed E-state index contributed by atoms with van der Waals surface area (Å²) in [5.74, 6) is 0.850. The number of carbonyl (C=O) groups excluding carboxylic acids is 1. The number of hydrogen-bond acceptors (Lipinski definition) is 4. The number of nitrogens with zero attached hydrogens (tertiary/aromatic N) is 2. The summed E-state index contributed by atoms with van der Waals surface area (Å²) in [5.41, 5.74) is 0. The first kappa shape index (κ1) is 21.1. The highest BCUT2D eigenvalue weighted by atomic mass is 32.2. The fourth-order valence-corrected chi connectivity index (χ4v) is 5.63. The molecule has 0 aromatic heterocycles. The van der Waals surface area contributed by atoms with Crippen LogP contribution in [0.5, 0.6) is 5.75 Å². The van der Waals surface area contributed by atoms with Crippen molar-refractivity contribution in [2.75, 3.05) is 46.4 Å². The van der Waals surface area contributed by atoms with E-state index in [4.69, 9.17) is 4.74 Å². The van der Waals surface area contributed by atoms with Crippen LogP contribution in [0.15, 0.2) is 29.2 Å². The largest absolute Gasteiger partial charge is 0.497 e. The van der Waals surface area contributed by atoms with Gasteiger partial charge in [-0.05, 0) is 49.9 Å². The fourth-order valence-electron chi connectivity index (χ4n) is 4.19. The van der Waals surface area contributed by atoms with Crippen molar-refractivity contribution in [2.24, 2.45) is 0 Å². The molecule has 0 saturated carbocycles. The van der Waals surface area contributed by atoms with Crippen LogP contribution in [0, 0.1) is 0 Å². The molecule has 1 aromatic carbocycles. The topological polar surface area (TPSA) is 71.4 Å². The first-order valence-electron chi connectivity index (χ1n) is 10.2. The Morgan fingerprint density at radius 3 is 2.43 bits per heavy atom. The molecule has 8 heteroatoms. The van der Waals surface area contributed by atoms with E-state index in [1.807, 2.05) is 0 Å². The highest BCUT2D eigenvalue weighted by Gasteiger charge is 2.33. The number of hydrogen-bond donors (Lipinski definition) is 1. The molecule has 2 aliphatic heterocycles. The van der Waals surface area contributed by atoms with Crippen LogP contribution in [0.3, 0.4) is 0 Å². The maximum Gasteiger partial charge on any atom is 0.278 e. The number of benzene rings is 1. The minimum Gasteiger partial charge on any atom is -0.497 e. The van der Waals surface area contributed by atoms with E-state index in [2.05, 4.69) is 11.8 Å². The normalized spacial score (nSPS) is 22.2. The summed E-state index contributed by atoms with van der Waals surface area (Å²) in [6.45, 7) is 5.67. The van der Waals surface area contributed by atoms with E-state index in [1.165, 1.54) is 15.6 Å². The van der Waals surface area contributed by atoms with Gasteiger partial charge in [-0.15, -0.1) is 0 Å². The SMILES string of the molecule is CC[C@@H]1CCCCN1C(=O)C[NH+]1CCN(S(=O)(=O)c2ccc(OC)cc2)CC1. The van der Waals surface area contributed by atoms with Gasteiger partial charge in [0.15, 0.2) is 6.54 Å². The van der Waals surface area contributed by atoms with Gasteiger partial charge in [0.05, 0.1) is 38.2 Å². The van der Waals surface area contributed by atoms with Crippen LogP contribution >= 0.6 is 0 Å². The Kier molecular flexibility index (Phi) is 6.95. The first-order chi connectivity index (χ1) is 13.5. The number of amides is 1. The van der Waals surface area contributed by atoms with Crippen molar-refractivity contribution in [3.8, 4) is 5.75 Å². The summed E-state index contributed by atoms with van der Waals surface area (Å²) in [6, 6.07) is 6.86. The van der Waals surface area contributed by atoms with Gasteiger partial charge in [0, 0.05) is 12.6 Å². The molecule has 0 radical (unpaired) electrons. The molecular weight excluding hydrogens is 378 g/mol. The lowest BCUT2D eigenvalue weighted by molar-refractivity contribution is -0.896.